The smallest absolute Gasteiger partial charge is 0.130 e. The highest BCUT2D eigenvalue weighted by atomic mass is 79.9. The van der Waals surface area contributed by atoms with Gasteiger partial charge >= 0.3 is 0 Å². The summed E-state index contributed by atoms with van der Waals surface area (Å²) in [7, 11) is 0. The van der Waals surface area contributed by atoms with E-state index in [1.54, 1.807) is 0 Å². The Balaban J connectivity index is 1.83. The second-order valence-electron chi connectivity index (χ2n) is 5.08. The van der Waals surface area contributed by atoms with Gasteiger partial charge in [-0.05, 0) is 65.5 Å². The van der Waals surface area contributed by atoms with Crippen molar-refractivity contribution in [3.05, 3.63) is 40.8 Å². The summed E-state index contributed by atoms with van der Waals surface area (Å²) in [5.41, 5.74) is 2.04. The molecule has 0 aliphatic heterocycles. The number of halogens is 1. The fraction of sp³-hybridized carbons (Fsp3) is 0.375. The molecular weight excluding hydrogens is 316 g/mol. The second kappa shape index (κ2) is 5.92. The van der Waals surface area contributed by atoms with Gasteiger partial charge in [0, 0.05) is 12.0 Å². The first-order chi connectivity index (χ1) is 9.74. The molecule has 4 heteroatoms. The number of aryl methyl sites for hydroxylation is 1. The molecule has 1 heterocycles. The third-order valence-electron chi connectivity index (χ3n) is 3.19. The van der Waals surface area contributed by atoms with Crippen molar-refractivity contribution < 1.29 is 4.74 Å². The van der Waals surface area contributed by atoms with Crippen molar-refractivity contribution in [2.24, 2.45) is 0 Å². The van der Waals surface area contributed by atoms with Gasteiger partial charge in [0.25, 0.3) is 0 Å². The van der Waals surface area contributed by atoms with Crippen molar-refractivity contribution in [3.8, 4) is 17.0 Å². The molecule has 0 saturated heterocycles. The Kier molecular flexibility index (Phi) is 4.01. The maximum Gasteiger partial charge on any atom is 0.130 e. The van der Waals surface area contributed by atoms with Gasteiger partial charge in [0.05, 0.1) is 11.8 Å². The van der Waals surface area contributed by atoms with E-state index in [0.717, 1.165) is 40.3 Å². The molecule has 1 aliphatic rings. The lowest BCUT2D eigenvalue weighted by Gasteiger charge is -2.07. The predicted molar refractivity (Wildman–Crippen MR) is 82.8 cm³/mol. The fourth-order valence-electron chi connectivity index (χ4n) is 2.03. The highest BCUT2D eigenvalue weighted by Gasteiger charge is 2.23. The Hall–Kier alpha value is -1.42. The van der Waals surface area contributed by atoms with Gasteiger partial charge in [0.15, 0.2) is 0 Å². The summed E-state index contributed by atoms with van der Waals surface area (Å²) >= 11 is 3.46. The minimum atomic E-state index is 0.435. The maximum atomic E-state index is 5.76. The zero-order valence-electron chi connectivity index (χ0n) is 11.5. The zero-order chi connectivity index (χ0) is 13.9. The molecule has 0 radical (unpaired) electrons. The number of hydrogen-bond acceptors (Lipinski definition) is 3. The molecule has 1 saturated carbocycles. The Bertz CT molecular complexity index is 594. The summed E-state index contributed by atoms with van der Waals surface area (Å²) in [5.74, 6) is 1.83. The first-order valence-electron chi connectivity index (χ1n) is 7.05. The SMILES string of the molecule is CCCc1nc(Br)cc(-c2ccc(OC3CC3)cc2)n1. The average Bonchev–Trinajstić information content (AvgIpc) is 3.23. The summed E-state index contributed by atoms with van der Waals surface area (Å²) in [5, 5.41) is 0. The van der Waals surface area contributed by atoms with E-state index in [0.29, 0.717) is 6.10 Å². The highest BCUT2D eigenvalue weighted by molar-refractivity contribution is 9.10. The molecule has 3 nitrogen and oxygen atoms in total. The summed E-state index contributed by atoms with van der Waals surface area (Å²) < 4.78 is 6.60. The molecule has 104 valence electrons. The van der Waals surface area contributed by atoms with Gasteiger partial charge in [-0.1, -0.05) is 6.92 Å². The van der Waals surface area contributed by atoms with Crippen molar-refractivity contribution in [3.63, 3.8) is 0 Å². The second-order valence-corrected chi connectivity index (χ2v) is 5.90. The molecule has 0 atom stereocenters. The van der Waals surface area contributed by atoms with Crippen LogP contribution < -0.4 is 4.74 Å². The van der Waals surface area contributed by atoms with Crippen LogP contribution >= 0.6 is 15.9 Å². The van der Waals surface area contributed by atoms with E-state index in [1.807, 2.05) is 18.2 Å². The van der Waals surface area contributed by atoms with E-state index in [-0.39, 0.29) is 0 Å². The topological polar surface area (TPSA) is 35.0 Å². The van der Waals surface area contributed by atoms with Gasteiger partial charge in [-0.3, -0.25) is 0 Å². The van der Waals surface area contributed by atoms with Crippen molar-refractivity contribution >= 4 is 15.9 Å². The van der Waals surface area contributed by atoms with E-state index < -0.39 is 0 Å². The number of nitrogens with zero attached hydrogens (tertiary/aromatic N) is 2. The van der Waals surface area contributed by atoms with Gasteiger partial charge in [0.1, 0.15) is 16.2 Å². The quantitative estimate of drug-likeness (QED) is 0.761. The van der Waals surface area contributed by atoms with Crippen LogP contribution in [0.3, 0.4) is 0 Å². The first-order valence-corrected chi connectivity index (χ1v) is 7.84. The Labute approximate surface area is 127 Å². The van der Waals surface area contributed by atoms with Crippen LogP contribution in [0.4, 0.5) is 0 Å². The average molecular weight is 333 g/mol. The Morgan fingerprint density at radius 2 is 1.95 bits per heavy atom. The first kappa shape index (κ1) is 13.6. The standard InChI is InChI=1S/C16H17BrN2O/c1-2-3-16-18-14(10-15(17)19-16)11-4-6-12(7-5-11)20-13-8-9-13/h4-7,10,13H,2-3,8-9H2,1H3. The van der Waals surface area contributed by atoms with Crippen LogP contribution in [0.2, 0.25) is 0 Å². The summed E-state index contributed by atoms with van der Waals surface area (Å²) in [4.78, 5) is 9.01. The van der Waals surface area contributed by atoms with Crippen LogP contribution in [-0.4, -0.2) is 16.1 Å². The Morgan fingerprint density at radius 1 is 1.20 bits per heavy atom. The molecule has 1 fully saturated rings. The molecule has 0 amide bonds. The number of hydrogen-bond donors (Lipinski definition) is 0. The number of rotatable bonds is 5. The number of ether oxygens (including phenoxy) is 1. The summed E-state index contributed by atoms with van der Waals surface area (Å²) in [6.45, 7) is 2.13. The van der Waals surface area contributed by atoms with E-state index >= 15 is 0 Å². The van der Waals surface area contributed by atoms with Crippen molar-refractivity contribution in [1.82, 2.24) is 9.97 Å². The van der Waals surface area contributed by atoms with Gasteiger partial charge in [0.2, 0.25) is 0 Å². The van der Waals surface area contributed by atoms with Crippen LogP contribution in [0, 0.1) is 0 Å². The summed E-state index contributed by atoms with van der Waals surface area (Å²) in [6.07, 6.45) is 4.74. The largest absolute Gasteiger partial charge is 0.490 e. The lowest BCUT2D eigenvalue weighted by molar-refractivity contribution is 0.303. The van der Waals surface area contributed by atoms with Crippen molar-refractivity contribution in [2.75, 3.05) is 0 Å². The van der Waals surface area contributed by atoms with Gasteiger partial charge in [-0.25, -0.2) is 9.97 Å². The number of aromatic nitrogens is 2. The summed E-state index contributed by atoms with van der Waals surface area (Å²) in [6, 6.07) is 10.1. The van der Waals surface area contributed by atoms with Crippen LogP contribution in [0.1, 0.15) is 32.0 Å². The van der Waals surface area contributed by atoms with E-state index in [4.69, 9.17) is 4.74 Å². The van der Waals surface area contributed by atoms with E-state index in [2.05, 4.69) is 45.0 Å². The zero-order valence-corrected chi connectivity index (χ0v) is 13.1. The third kappa shape index (κ3) is 3.37. The van der Waals surface area contributed by atoms with Crippen LogP contribution in [0.25, 0.3) is 11.3 Å². The minimum absolute atomic E-state index is 0.435. The normalized spacial score (nSPS) is 14.3. The molecule has 2 aromatic rings. The predicted octanol–water partition coefficient (Wildman–Crippen LogP) is 4.40. The lowest BCUT2D eigenvalue weighted by atomic mass is 10.1. The third-order valence-corrected chi connectivity index (χ3v) is 3.60. The Morgan fingerprint density at radius 3 is 2.60 bits per heavy atom. The molecule has 0 bridgehead atoms. The molecule has 1 aromatic carbocycles. The molecular formula is C16H17BrN2O. The highest BCUT2D eigenvalue weighted by Crippen LogP contribution is 2.28. The lowest BCUT2D eigenvalue weighted by Crippen LogP contribution is -1.98. The van der Waals surface area contributed by atoms with Crippen molar-refractivity contribution in [1.29, 1.82) is 0 Å². The molecule has 20 heavy (non-hydrogen) atoms. The molecule has 0 spiro atoms. The molecule has 1 aliphatic carbocycles. The van der Waals surface area contributed by atoms with Gasteiger partial charge in [-0.2, -0.15) is 0 Å². The molecule has 3 rings (SSSR count). The van der Waals surface area contributed by atoms with Crippen LogP contribution in [-0.2, 0) is 6.42 Å². The molecule has 0 N–H and O–H groups in total. The fourth-order valence-corrected chi connectivity index (χ4v) is 2.45. The molecule has 0 unspecified atom stereocenters. The van der Waals surface area contributed by atoms with Gasteiger partial charge in [-0.15, -0.1) is 0 Å². The van der Waals surface area contributed by atoms with E-state index in [1.165, 1.54) is 12.8 Å². The monoisotopic (exact) mass is 332 g/mol. The minimum Gasteiger partial charge on any atom is -0.490 e. The molecule has 1 aromatic heterocycles. The van der Waals surface area contributed by atoms with Gasteiger partial charge < -0.3 is 4.74 Å². The van der Waals surface area contributed by atoms with Crippen LogP contribution in [0.15, 0.2) is 34.9 Å². The maximum absolute atomic E-state index is 5.76. The van der Waals surface area contributed by atoms with E-state index in [9.17, 15) is 0 Å². The van der Waals surface area contributed by atoms with Crippen molar-refractivity contribution in [2.45, 2.75) is 38.7 Å². The van der Waals surface area contributed by atoms with Crippen LogP contribution in [0.5, 0.6) is 5.75 Å². The number of benzene rings is 1.